The zero-order valence-electron chi connectivity index (χ0n) is 14.6. The number of amides is 3. The molecule has 0 aliphatic carbocycles. The van der Waals surface area contributed by atoms with Crippen molar-refractivity contribution in [3.8, 4) is 0 Å². The molecule has 2 aliphatic rings. The summed E-state index contributed by atoms with van der Waals surface area (Å²) in [6, 6.07) is 8.26. The van der Waals surface area contributed by atoms with Crippen molar-refractivity contribution in [1.82, 2.24) is 15.5 Å². The average molecular weight is 330 g/mol. The first-order valence-corrected chi connectivity index (χ1v) is 8.51. The van der Waals surface area contributed by atoms with Crippen LogP contribution in [0, 0.1) is 5.92 Å². The molecule has 2 fully saturated rings. The van der Waals surface area contributed by atoms with Crippen LogP contribution in [0.1, 0.15) is 25.3 Å². The molecule has 24 heavy (non-hydrogen) atoms. The van der Waals surface area contributed by atoms with Gasteiger partial charge in [-0.25, -0.2) is 4.79 Å². The van der Waals surface area contributed by atoms with E-state index in [0.29, 0.717) is 0 Å². The number of likely N-dealkylation sites (tertiary alicyclic amines) is 1. The Hall–Kier alpha value is -2.08. The second-order valence-electron chi connectivity index (χ2n) is 7.22. The summed E-state index contributed by atoms with van der Waals surface area (Å²) in [4.78, 5) is 28.0. The smallest absolute Gasteiger partial charge is 0.322 e. The van der Waals surface area contributed by atoms with Gasteiger partial charge in [0.15, 0.2) is 0 Å². The van der Waals surface area contributed by atoms with Crippen LogP contribution in [0.4, 0.5) is 10.5 Å². The zero-order valence-corrected chi connectivity index (χ0v) is 14.6. The summed E-state index contributed by atoms with van der Waals surface area (Å²) in [6.45, 7) is 4.65. The van der Waals surface area contributed by atoms with Gasteiger partial charge in [0.1, 0.15) is 5.54 Å². The lowest BCUT2D eigenvalue weighted by molar-refractivity contribution is -0.125. The molecule has 1 aromatic carbocycles. The molecule has 3 rings (SSSR count). The lowest BCUT2D eigenvalue weighted by Gasteiger charge is -2.38. The van der Waals surface area contributed by atoms with Crippen LogP contribution in [-0.4, -0.2) is 49.6 Å². The van der Waals surface area contributed by atoms with E-state index in [4.69, 9.17) is 0 Å². The molecule has 6 nitrogen and oxygen atoms in total. The summed E-state index contributed by atoms with van der Waals surface area (Å²) < 4.78 is 0. The van der Waals surface area contributed by atoms with E-state index in [0.717, 1.165) is 32.5 Å². The largest absolute Gasteiger partial charge is 0.378 e. The Morgan fingerprint density at radius 2 is 1.79 bits per heavy atom. The SMILES string of the molecule is CN(C)c1ccc(CN2CCC(C3(C)NC(=O)NC3=O)CC2)cc1. The van der Waals surface area contributed by atoms with E-state index in [2.05, 4.69) is 44.7 Å². The van der Waals surface area contributed by atoms with Gasteiger partial charge in [-0.1, -0.05) is 12.1 Å². The van der Waals surface area contributed by atoms with Crippen LogP contribution in [0.5, 0.6) is 0 Å². The first-order chi connectivity index (χ1) is 11.4. The van der Waals surface area contributed by atoms with Crippen LogP contribution >= 0.6 is 0 Å². The summed E-state index contributed by atoms with van der Waals surface area (Å²) >= 11 is 0. The van der Waals surface area contributed by atoms with E-state index >= 15 is 0 Å². The normalized spacial score (nSPS) is 25.5. The van der Waals surface area contributed by atoms with Crippen LogP contribution in [-0.2, 0) is 11.3 Å². The molecule has 1 atom stereocenters. The van der Waals surface area contributed by atoms with Gasteiger partial charge in [-0.05, 0) is 56.5 Å². The highest BCUT2D eigenvalue weighted by Gasteiger charge is 2.48. The molecule has 0 radical (unpaired) electrons. The Kier molecular flexibility index (Phi) is 4.49. The molecule has 0 saturated carbocycles. The summed E-state index contributed by atoms with van der Waals surface area (Å²) in [5.41, 5.74) is 1.75. The number of piperidine rings is 1. The summed E-state index contributed by atoms with van der Waals surface area (Å²) in [5.74, 6) is 0.00143. The average Bonchev–Trinajstić information content (AvgIpc) is 2.82. The fourth-order valence-corrected chi connectivity index (χ4v) is 3.67. The number of carbonyl (C=O) groups is 2. The van der Waals surface area contributed by atoms with E-state index in [1.165, 1.54) is 11.3 Å². The topological polar surface area (TPSA) is 64.7 Å². The summed E-state index contributed by atoms with van der Waals surface area (Å²) in [6.07, 6.45) is 1.83. The van der Waals surface area contributed by atoms with Crippen molar-refractivity contribution >= 4 is 17.6 Å². The van der Waals surface area contributed by atoms with Gasteiger partial charge >= 0.3 is 6.03 Å². The van der Waals surface area contributed by atoms with Gasteiger partial charge in [-0.2, -0.15) is 0 Å². The maximum absolute atomic E-state index is 12.1. The number of nitrogens with one attached hydrogen (secondary N) is 2. The number of hydrogen-bond acceptors (Lipinski definition) is 4. The predicted octanol–water partition coefficient (Wildman–Crippen LogP) is 1.56. The quantitative estimate of drug-likeness (QED) is 0.823. The molecular weight excluding hydrogens is 304 g/mol. The van der Waals surface area contributed by atoms with Crippen molar-refractivity contribution < 1.29 is 9.59 Å². The monoisotopic (exact) mass is 330 g/mol. The van der Waals surface area contributed by atoms with E-state index in [-0.39, 0.29) is 17.9 Å². The molecule has 0 spiro atoms. The molecule has 1 unspecified atom stereocenters. The number of benzene rings is 1. The first kappa shape index (κ1) is 16.8. The second-order valence-corrected chi connectivity index (χ2v) is 7.22. The Morgan fingerprint density at radius 3 is 2.29 bits per heavy atom. The van der Waals surface area contributed by atoms with Crippen LogP contribution in [0.15, 0.2) is 24.3 Å². The number of hydrogen-bond donors (Lipinski definition) is 2. The van der Waals surface area contributed by atoms with Crippen LogP contribution in [0.2, 0.25) is 0 Å². The third kappa shape index (κ3) is 3.24. The van der Waals surface area contributed by atoms with Gasteiger partial charge in [-0.15, -0.1) is 0 Å². The zero-order chi connectivity index (χ0) is 17.3. The number of imide groups is 1. The summed E-state index contributed by atoms with van der Waals surface area (Å²) in [5, 5.41) is 5.17. The molecule has 2 heterocycles. The number of anilines is 1. The van der Waals surface area contributed by atoms with Crippen molar-refractivity contribution in [2.45, 2.75) is 31.8 Å². The van der Waals surface area contributed by atoms with Gasteiger partial charge in [0.2, 0.25) is 0 Å². The van der Waals surface area contributed by atoms with Crippen LogP contribution in [0.3, 0.4) is 0 Å². The fourth-order valence-electron chi connectivity index (χ4n) is 3.67. The van der Waals surface area contributed by atoms with Crippen molar-refractivity contribution in [1.29, 1.82) is 0 Å². The third-order valence-corrected chi connectivity index (χ3v) is 5.33. The van der Waals surface area contributed by atoms with Crippen molar-refractivity contribution in [2.24, 2.45) is 5.92 Å². The van der Waals surface area contributed by atoms with Crippen molar-refractivity contribution in [2.75, 3.05) is 32.1 Å². The highest BCUT2D eigenvalue weighted by molar-refractivity contribution is 6.06. The highest BCUT2D eigenvalue weighted by atomic mass is 16.2. The number of nitrogens with zero attached hydrogens (tertiary/aromatic N) is 2. The lowest BCUT2D eigenvalue weighted by Crippen LogP contribution is -2.53. The minimum Gasteiger partial charge on any atom is -0.378 e. The summed E-state index contributed by atoms with van der Waals surface area (Å²) in [7, 11) is 4.08. The second kappa shape index (κ2) is 6.43. The molecule has 2 saturated heterocycles. The minimum absolute atomic E-state index is 0.190. The van der Waals surface area contributed by atoms with Gasteiger partial charge in [0.05, 0.1) is 0 Å². The van der Waals surface area contributed by atoms with Crippen molar-refractivity contribution in [3.05, 3.63) is 29.8 Å². The predicted molar refractivity (Wildman–Crippen MR) is 93.8 cm³/mol. The molecule has 0 bridgehead atoms. The molecule has 6 heteroatoms. The highest BCUT2D eigenvalue weighted by Crippen LogP contribution is 2.31. The first-order valence-electron chi connectivity index (χ1n) is 8.51. The Balaban J connectivity index is 1.55. The van der Waals surface area contributed by atoms with Gasteiger partial charge < -0.3 is 10.2 Å². The molecule has 2 aliphatic heterocycles. The molecule has 1 aromatic rings. The lowest BCUT2D eigenvalue weighted by atomic mass is 9.79. The number of rotatable bonds is 4. The van der Waals surface area contributed by atoms with Gasteiger partial charge in [0.25, 0.3) is 5.91 Å². The Morgan fingerprint density at radius 1 is 1.17 bits per heavy atom. The molecular formula is C18H26N4O2. The minimum atomic E-state index is -0.753. The number of urea groups is 1. The van der Waals surface area contributed by atoms with Gasteiger partial charge in [-0.3, -0.25) is 15.0 Å². The van der Waals surface area contributed by atoms with Crippen LogP contribution < -0.4 is 15.5 Å². The fraction of sp³-hybridized carbons (Fsp3) is 0.556. The molecule has 0 aromatic heterocycles. The van der Waals surface area contributed by atoms with Gasteiger partial charge in [0, 0.05) is 26.3 Å². The Labute approximate surface area is 143 Å². The maximum Gasteiger partial charge on any atom is 0.322 e. The molecule has 130 valence electrons. The number of carbonyl (C=O) groups excluding carboxylic acids is 2. The van der Waals surface area contributed by atoms with E-state index in [9.17, 15) is 9.59 Å². The van der Waals surface area contributed by atoms with Crippen LogP contribution in [0.25, 0.3) is 0 Å². The standard InChI is InChI=1S/C18H26N4O2/c1-18(16(23)19-17(24)20-18)14-8-10-22(11-9-14)12-13-4-6-15(7-5-13)21(2)3/h4-7,14H,8-12H2,1-3H3,(H2,19,20,23,24). The van der Waals surface area contributed by atoms with Crippen molar-refractivity contribution in [3.63, 3.8) is 0 Å². The van der Waals surface area contributed by atoms with E-state index in [1.54, 1.807) is 0 Å². The third-order valence-electron chi connectivity index (χ3n) is 5.33. The molecule has 3 amide bonds. The molecule has 2 N–H and O–H groups in total. The maximum atomic E-state index is 12.1. The Bertz CT molecular complexity index is 620. The van der Waals surface area contributed by atoms with E-state index < -0.39 is 5.54 Å². The van der Waals surface area contributed by atoms with E-state index in [1.807, 2.05) is 21.0 Å².